The van der Waals surface area contributed by atoms with Crippen molar-refractivity contribution in [2.24, 2.45) is 0 Å². The highest BCUT2D eigenvalue weighted by atomic mass is 16.5. The molecule has 0 aliphatic carbocycles. The maximum atomic E-state index is 12.6. The van der Waals surface area contributed by atoms with Gasteiger partial charge < -0.3 is 9.26 Å². The highest BCUT2D eigenvalue weighted by Gasteiger charge is 2.31. The molecule has 8 nitrogen and oxygen atoms in total. The molecular weight excluding hydrogens is 370 g/mol. The minimum atomic E-state index is -0.166. The van der Waals surface area contributed by atoms with Crippen molar-refractivity contribution in [3.05, 3.63) is 82.2 Å². The summed E-state index contributed by atoms with van der Waals surface area (Å²) in [5.41, 5.74) is 2.77. The Hall–Kier alpha value is -3.39. The molecule has 0 N–H and O–H groups in total. The van der Waals surface area contributed by atoms with Gasteiger partial charge in [0.2, 0.25) is 5.89 Å². The summed E-state index contributed by atoms with van der Waals surface area (Å²) in [5, 5.41) is 4.62. The molecular formula is C21H19N5O3. The lowest BCUT2D eigenvalue weighted by Crippen LogP contribution is -2.21. The lowest BCUT2D eigenvalue weighted by Gasteiger charge is -2.09. The van der Waals surface area contributed by atoms with Crippen molar-refractivity contribution in [2.75, 3.05) is 6.61 Å². The minimum Gasteiger partial charge on any atom is -0.373 e. The molecule has 0 radical (unpaired) electrons. The first-order valence-electron chi connectivity index (χ1n) is 9.47. The topological polar surface area (TPSA) is 95.9 Å². The van der Waals surface area contributed by atoms with Crippen molar-refractivity contribution < 1.29 is 9.26 Å². The van der Waals surface area contributed by atoms with Crippen molar-refractivity contribution in [3.8, 4) is 0 Å². The monoisotopic (exact) mass is 389 g/mol. The van der Waals surface area contributed by atoms with Gasteiger partial charge in [0.25, 0.3) is 5.56 Å². The van der Waals surface area contributed by atoms with Crippen LogP contribution < -0.4 is 5.56 Å². The van der Waals surface area contributed by atoms with E-state index in [0.29, 0.717) is 29.2 Å². The second-order valence-electron chi connectivity index (χ2n) is 7.28. The molecule has 0 unspecified atom stereocenters. The first-order valence-corrected chi connectivity index (χ1v) is 9.47. The third kappa shape index (κ3) is 3.42. The zero-order chi connectivity index (χ0) is 19.8. The molecule has 0 saturated carbocycles. The molecule has 1 fully saturated rings. The summed E-state index contributed by atoms with van der Waals surface area (Å²) in [7, 11) is 0. The van der Waals surface area contributed by atoms with Gasteiger partial charge >= 0.3 is 0 Å². The fourth-order valence-corrected chi connectivity index (χ4v) is 3.59. The van der Waals surface area contributed by atoms with Gasteiger partial charge in [-0.15, -0.1) is 0 Å². The summed E-state index contributed by atoms with van der Waals surface area (Å²) < 4.78 is 12.8. The number of nitrogens with zero attached hydrogens (tertiary/aromatic N) is 5. The first kappa shape index (κ1) is 17.7. The third-order valence-electron chi connectivity index (χ3n) is 5.23. The second kappa shape index (κ2) is 7.21. The van der Waals surface area contributed by atoms with Gasteiger partial charge in [-0.3, -0.25) is 14.3 Å². The number of ether oxygens (including phenoxy) is 1. The summed E-state index contributed by atoms with van der Waals surface area (Å²) in [5.74, 6) is 1.05. The number of benzene rings is 1. The molecule has 0 spiro atoms. The van der Waals surface area contributed by atoms with Crippen LogP contribution in [0.15, 0.2) is 58.4 Å². The molecule has 4 aromatic rings. The van der Waals surface area contributed by atoms with Crippen LogP contribution in [0.1, 0.15) is 41.3 Å². The van der Waals surface area contributed by atoms with Crippen molar-refractivity contribution >= 4 is 10.9 Å². The number of fused-ring (bicyclic) bond motifs is 1. The Morgan fingerprint density at radius 3 is 2.93 bits per heavy atom. The number of aryl methyl sites for hydroxylation is 1. The van der Waals surface area contributed by atoms with Gasteiger partial charge in [0.15, 0.2) is 5.82 Å². The first-order chi connectivity index (χ1) is 14.2. The predicted molar refractivity (Wildman–Crippen MR) is 104 cm³/mol. The van der Waals surface area contributed by atoms with E-state index >= 15 is 0 Å². The summed E-state index contributed by atoms with van der Waals surface area (Å²) in [6.45, 7) is 2.78. The number of aromatic nitrogens is 5. The molecule has 1 aliphatic rings. The largest absolute Gasteiger partial charge is 0.373 e. The van der Waals surface area contributed by atoms with Crippen LogP contribution in [0.2, 0.25) is 0 Å². The Labute approximate surface area is 166 Å². The van der Waals surface area contributed by atoms with E-state index in [1.807, 2.05) is 0 Å². The van der Waals surface area contributed by atoms with Crippen LogP contribution in [0.3, 0.4) is 0 Å². The van der Waals surface area contributed by atoms with Gasteiger partial charge in [-0.25, -0.2) is 4.98 Å². The van der Waals surface area contributed by atoms with E-state index in [9.17, 15) is 4.79 Å². The van der Waals surface area contributed by atoms with Gasteiger partial charge in [-0.1, -0.05) is 35.0 Å². The average molecular weight is 389 g/mol. The molecule has 29 heavy (non-hydrogen) atoms. The lowest BCUT2D eigenvalue weighted by atomic mass is 9.99. The molecule has 8 heteroatoms. The fraction of sp³-hybridized carbons (Fsp3) is 0.286. The third-order valence-corrected chi connectivity index (χ3v) is 5.23. The maximum Gasteiger partial charge on any atom is 0.261 e. The van der Waals surface area contributed by atoms with Crippen molar-refractivity contribution in [1.29, 1.82) is 0 Å². The number of hydrogen-bond donors (Lipinski definition) is 0. The standard InChI is InChI=1S/C21H19N5O3/c1-13-2-4-14(5-3-13)18-8-15(11-28-18)20-24-19(29-25-20)10-26-12-23-17-9-22-7-6-16(17)21(26)27/h2-7,9,12,15,18H,8,10-11H2,1H3/t15-,18+/m0/s1. The van der Waals surface area contributed by atoms with Gasteiger partial charge in [-0.2, -0.15) is 4.98 Å². The minimum absolute atomic E-state index is 0.0310. The van der Waals surface area contributed by atoms with E-state index in [0.717, 1.165) is 12.0 Å². The normalized spacial score (nSPS) is 19.1. The summed E-state index contributed by atoms with van der Waals surface area (Å²) >= 11 is 0. The Bertz CT molecular complexity index is 1210. The van der Waals surface area contributed by atoms with Crippen LogP contribution in [-0.2, 0) is 11.3 Å². The lowest BCUT2D eigenvalue weighted by molar-refractivity contribution is 0.110. The zero-order valence-electron chi connectivity index (χ0n) is 15.9. The number of rotatable bonds is 4. The van der Waals surface area contributed by atoms with Crippen LogP contribution in [0.25, 0.3) is 10.9 Å². The van der Waals surface area contributed by atoms with E-state index in [1.54, 1.807) is 18.5 Å². The average Bonchev–Trinajstić information content (AvgIpc) is 3.41. The van der Waals surface area contributed by atoms with Crippen LogP contribution in [0.5, 0.6) is 0 Å². The Balaban J connectivity index is 1.32. The molecule has 0 bridgehead atoms. The molecule has 3 aromatic heterocycles. The van der Waals surface area contributed by atoms with Gasteiger partial charge in [0.05, 0.1) is 36.1 Å². The summed E-state index contributed by atoms with van der Waals surface area (Å²) in [4.78, 5) is 25.3. The SMILES string of the molecule is Cc1ccc([C@H]2C[C@H](c3noc(Cn4cnc5cnccc5c4=O)n3)CO2)cc1. The quantitative estimate of drug-likeness (QED) is 0.529. The van der Waals surface area contributed by atoms with E-state index in [2.05, 4.69) is 51.3 Å². The Morgan fingerprint density at radius 2 is 2.07 bits per heavy atom. The van der Waals surface area contributed by atoms with E-state index in [-0.39, 0.29) is 24.1 Å². The smallest absolute Gasteiger partial charge is 0.261 e. The maximum absolute atomic E-state index is 12.6. The predicted octanol–water partition coefficient (Wildman–Crippen LogP) is 2.78. The molecule has 146 valence electrons. The van der Waals surface area contributed by atoms with Gasteiger partial charge in [0, 0.05) is 12.1 Å². The summed E-state index contributed by atoms with van der Waals surface area (Å²) in [6, 6.07) is 10.0. The fourth-order valence-electron chi connectivity index (χ4n) is 3.59. The second-order valence-corrected chi connectivity index (χ2v) is 7.28. The van der Waals surface area contributed by atoms with Crippen LogP contribution in [0, 0.1) is 6.92 Å². The van der Waals surface area contributed by atoms with Crippen molar-refractivity contribution in [2.45, 2.75) is 31.9 Å². The Morgan fingerprint density at radius 1 is 1.21 bits per heavy atom. The molecule has 4 heterocycles. The van der Waals surface area contributed by atoms with Crippen molar-refractivity contribution in [1.82, 2.24) is 24.7 Å². The van der Waals surface area contributed by atoms with E-state index < -0.39 is 0 Å². The zero-order valence-corrected chi connectivity index (χ0v) is 15.9. The Kier molecular flexibility index (Phi) is 4.40. The molecule has 1 aliphatic heterocycles. The molecule has 2 atom stereocenters. The highest BCUT2D eigenvalue weighted by molar-refractivity contribution is 5.75. The van der Waals surface area contributed by atoms with Gasteiger partial charge in [0.1, 0.15) is 6.54 Å². The van der Waals surface area contributed by atoms with E-state index in [1.165, 1.54) is 16.5 Å². The number of hydrogen-bond acceptors (Lipinski definition) is 7. The van der Waals surface area contributed by atoms with E-state index in [4.69, 9.17) is 9.26 Å². The molecule has 5 rings (SSSR count). The molecule has 0 amide bonds. The van der Waals surface area contributed by atoms with Crippen LogP contribution >= 0.6 is 0 Å². The van der Waals surface area contributed by atoms with Crippen LogP contribution in [-0.4, -0.2) is 31.3 Å². The molecule has 1 saturated heterocycles. The summed E-state index contributed by atoms with van der Waals surface area (Å²) in [6.07, 6.45) is 5.44. The molecule has 1 aromatic carbocycles. The van der Waals surface area contributed by atoms with Crippen molar-refractivity contribution in [3.63, 3.8) is 0 Å². The van der Waals surface area contributed by atoms with Crippen LogP contribution in [0.4, 0.5) is 0 Å². The number of pyridine rings is 1. The van der Waals surface area contributed by atoms with Gasteiger partial charge in [-0.05, 0) is 25.0 Å². The highest BCUT2D eigenvalue weighted by Crippen LogP contribution is 2.37.